The Kier molecular flexibility index (Phi) is 3.66. The van der Waals surface area contributed by atoms with E-state index < -0.39 is 0 Å². The van der Waals surface area contributed by atoms with Crippen LogP contribution in [0.2, 0.25) is 0 Å². The third kappa shape index (κ3) is 2.44. The monoisotopic (exact) mass is 277 g/mol. The van der Waals surface area contributed by atoms with Gasteiger partial charge in [-0.3, -0.25) is 0 Å². The van der Waals surface area contributed by atoms with Gasteiger partial charge in [0.2, 0.25) is 0 Å². The van der Waals surface area contributed by atoms with Crippen molar-refractivity contribution in [2.75, 3.05) is 25.2 Å². The minimum atomic E-state index is 0.525. The zero-order valence-electron chi connectivity index (χ0n) is 11.4. The maximum Gasteiger partial charge on any atom is 0.140 e. The van der Waals surface area contributed by atoms with Crippen molar-refractivity contribution in [1.29, 1.82) is 0 Å². The first-order valence-corrected chi connectivity index (χ1v) is 7.65. The number of anilines is 1. The molecule has 3 rings (SSSR count). The Morgan fingerprint density at radius 3 is 2.89 bits per heavy atom. The molecule has 0 N–H and O–H groups in total. The lowest BCUT2D eigenvalue weighted by Gasteiger charge is -2.32. The second-order valence-electron chi connectivity index (χ2n) is 4.94. The molecule has 0 amide bonds. The number of ether oxygens (including phenoxy) is 1. The van der Waals surface area contributed by atoms with Crippen LogP contribution in [0.3, 0.4) is 0 Å². The van der Waals surface area contributed by atoms with Crippen molar-refractivity contribution in [2.45, 2.75) is 32.2 Å². The van der Waals surface area contributed by atoms with Gasteiger partial charge >= 0.3 is 0 Å². The Bertz CT molecular complexity index is 563. The molecule has 1 aliphatic heterocycles. The molecule has 0 aliphatic carbocycles. The SMILES string of the molecule is CCc1cc2c(N(C)C3CCOCC3)ncnc2s1. The molecule has 1 saturated heterocycles. The first-order valence-electron chi connectivity index (χ1n) is 6.83. The molecule has 3 heterocycles. The van der Waals surface area contributed by atoms with Gasteiger partial charge < -0.3 is 9.64 Å². The molecule has 2 aromatic rings. The van der Waals surface area contributed by atoms with E-state index in [9.17, 15) is 0 Å². The number of aromatic nitrogens is 2. The molecule has 5 heteroatoms. The van der Waals surface area contributed by atoms with E-state index in [1.807, 2.05) is 0 Å². The van der Waals surface area contributed by atoms with Gasteiger partial charge in [0.15, 0.2) is 0 Å². The number of fused-ring (bicyclic) bond motifs is 1. The normalized spacial score (nSPS) is 16.9. The molecule has 0 spiro atoms. The number of rotatable bonds is 3. The van der Waals surface area contributed by atoms with E-state index in [4.69, 9.17) is 4.74 Å². The zero-order chi connectivity index (χ0) is 13.2. The number of hydrogen-bond acceptors (Lipinski definition) is 5. The van der Waals surface area contributed by atoms with Crippen LogP contribution in [0.25, 0.3) is 10.2 Å². The highest BCUT2D eigenvalue weighted by Gasteiger charge is 2.21. The third-order valence-electron chi connectivity index (χ3n) is 3.78. The Labute approximate surface area is 117 Å². The molecule has 0 radical (unpaired) electrons. The highest BCUT2D eigenvalue weighted by molar-refractivity contribution is 7.18. The van der Waals surface area contributed by atoms with Crippen molar-refractivity contribution < 1.29 is 4.74 Å². The fraction of sp³-hybridized carbons (Fsp3) is 0.571. The summed E-state index contributed by atoms with van der Waals surface area (Å²) in [7, 11) is 2.14. The summed E-state index contributed by atoms with van der Waals surface area (Å²) in [6.07, 6.45) is 4.89. The third-order valence-corrected chi connectivity index (χ3v) is 4.97. The molecule has 0 saturated carbocycles. The van der Waals surface area contributed by atoms with Crippen LogP contribution in [-0.2, 0) is 11.2 Å². The minimum absolute atomic E-state index is 0.525. The lowest BCUT2D eigenvalue weighted by atomic mass is 10.1. The van der Waals surface area contributed by atoms with Crippen LogP contribution in [-0.4, -0.2) is 36.3 Å². The van der Waals surface area contributed by atoms with Gasteiger partial charge in [0.05, 0.1) is 5.39 Å². The summed E-state index contributed by atoms with van der Waals surface area (Å²) in [5.74, 6) is 1.06. The molecule has 19 heavy (non-hydrogen) atoms. The van der Waals surface area contributed by atoms with E-state index in [0.717, 1.165) is 43.1 Å². The lowest BCUT2D eigenvalue weighted by molar-refractivity contribution is 0.0854. The average Bonchev–Trinajstić information content (AvgIpc) is 2.90. The first-order chi connectivity index (χ1) is 9.29. The van der Waals surface area contributed by atoms with E-state index in [0.29, 0.717) is 6.04 Å². The topological polar surface area (TPSA) is 38.2 Å². The molecule has 102 valence electrons. The molecule has 4 nitrogen and oxygen atoms in total. The van der Waals surface area contributed by atoms with E-state index in [1.165, 1.54) is 10.3 Å². The Balaban J connectivity index is 1.96. The summed E-state index contributed by atoms with van der Waals surface area (Å²) in [5.41, 5.74) is 0. The molecule has 0 atom stereocenters. The fourth-order valence-corrected chi connectivity index (χ4v) is 3.52. The van der Waals surface area contributed by atoms with Gasteiger partial charge in [0.25, 0.3) is 0 Å². The minimum Gasteiger partial charge on any atom is -0.381 e. The average molecular weight is 277 g/mol. The second kappa shape index (κ2) is 5.43. The van der Waals surface area contributed by atoms with E-state index >= 15 is 0 Å². The summed E-state index contributed by atoms with van der Waals surface area (Å²) < 4.78 is 5.44. The predicted octanol–water partition coefficient (Wildman–Crippen LogP) is 2.87. The largest absolute Gasteiger partial charge is 0.381 e. The van der Waals surface area contributed by atoms with Crippen LogP contribution in [0.5, 0.6) is 0 Å². The summed E-state index contributed by atoms with van der Waals surface area (Å²) in [6, 6.07) is 2.77. The lowest BCUT2D eigenvalue weighted by Crippen LogP contribution is -2.37. The Hall–Kier alpha value is -1.20. The molecule has 0 bridgehead atoms. The van der Waals surface area contributed by atoms with Crippen LogP contribution < -0.4 is 4.90 Å². The molecule has 0 aromatic carbocycles. The van der Waals surface area contributed by atoms with E-state index in [1.54, 1.807) is 17.7 Å². The van der Waals surface area contributed by atoms with Crippen LogP contribution in [0.1, 0.15) is 24.6 Å². The van der Waals surface area contributed by atoms with Crippen molar-refractivity contribution >= 4 is 27.4 Å². The van der Waals surface area contributed by atoms with Gasteiger partial charge in [-0.1, -0.05) is 6.92 Å². The molecule has 1 fully saturated rings. The predicted molar refractivity (Wildman–Crippen MR) is 79.0 cm³/mol. The number of hydrogen-bond donors (Lipinski definition) is 0. The second-order valence-corrected chi connectivity index (χ2v) is 6.05. The molecule has 1 aliphatic rings. The van der Waals surface area contributed by atoms with Gasteiger partial charge in [-0.2, -0.15) is 0 Å². The summed E-state index contributed by atoms with van der Waals surface area (Å²) >= 11 is 1.77. The van der Waals surface area contributed by atoms with Gasteiger partial charge in [0, 0.05) is 31.2 Å². The smallest absolute Gasteiger partial charge is 0.140 e. The van der Waals surface area contributed by atoms with Gasteiger partial charge in [0.1, 0.15) is 17.0 Å². The van der Waals surface area contributed by atoms with Crippen molar-refractivity contribution in [3.63, 3.8) is 0 Å². The highest BCUT2D eigenvalue weighted by atomic mass is 32.1. The molecular formula is C14H19N3OS. The maximum atomic E-state index is 5.44. The van der Waals surface area contributed by atoms with Crippen molar-refractivity contribution in [1.82, 2.24) is 9.97 Å². The van der Waals surface area contributed by atoms with Crippen molar-refractivity contribution in [3.8, 4) is 0 Å². The standard InChI is InChI=1S/C14H19N3OS/c1-3-11-8-12-13(15-9-16-14(12)19-11)17(2)10-4-6-18-7-5-10/h8-10H,3-7H2,1-2H3. The molecule has 2 aromatic heterocycles. The molecule has 0 unspecified atom stereocenters. The number of aryl methyl sites for hydroxylation is 1. The van der Waals surface area contributed by atoms with E-state index in [2.05, 4.69) is 34.9 Å². The van der Waals surface area contributed by atoms with Crippen LogP contribution in [0, 0.1) is 0 Å². The maximum absolute atomic E-state index is 5.44. The summed E-state index contributed by atoms with van der Waals surface area (Å²) in [5, 5.41) is 1.19. The van der Waals surface area contributed by atoms with Crippen LogP contribution >= 0.6 is 11.3 Å². The van der Waals surface area contributed by atoms with Crippen LogP contribution in [0.4, 0.5) is 5.82 Å². The van der Waals surface area contributed by atoms with Crippen molar-refractivity contribution in [2.24, 2.45) is 0 Å². The van der Waals surface area contributed by atoms with E-state index in [-0.39, 0.29) is 0 Å². The first kappa shape index (κ1) is 12.8. The number of thiophene rings is 1. The van der Waals surface area contributed by atoms with Gasteiger partial charge in [-0.05, 0) is 25.3 Å². The summed E-state index contributed by atoms with van der Waals surface area (Å²) in [4.78, 5) is 13.7. The quantitative estimate of drug-likeness (QED) is 0.864. The van der Waals surface area contributed by atoms with Gasteiger partial charge in [-0.15, -0.1) is 11.3 Å². The Morgan fingerprint density at radius 1 is 1.37 bits per heavy atom. The number of nitrogens with zero attached hydrogens (tertiary/aromatic N) is 3. The Morgan fingerprint density at radius 2 is 2.16 bits per heavy atom. The van der Waals surface area contributed by atoms with Crippen LogP contribution in [0.15, 0.2) is 12.4 Å². The highest BCUT2D eigenvalue weighted by Crippen LogP contribution is 2.31. The zero-order valence-corrected chi connectivity index (χ0v) is 12.2. The van der Waals surface area contributed by atoms with Gasteiger partial charge in [-0.25, -0.2) is 9.97 Å². The molecular weight excluding hydrogens is 258 g/mol. The van der Waals surface area contributed by atoms with Crippen molar-refractivity contribution in [3.05, 3.63) is 17.3 Å². The summed E-state index contributed by atoms with van der Waals surface area (Å²) in [6.45, 7) is 3.89. The fourth-order valence-electron chi connectivity index (χ4n) is 2.59.